The van der Waals surface area contributed by atoms with Crippen molar-refractivity contribution in [1.29, 1.82) is 0 Å². The molecule has 3 aromatic carbocycles. The van der Waals surface area contributed by atoms with Crippen LogP contribution in [0.1, 0.15) is 62.3 Å². The molecule has 0 spiro atoms. The molecule has 1 aliphatic rings. The van der Waals surface area contributed by atoms with E-state index in [9.17, 15) is 0 Å². The highest BCUT2D eigenvalue weighted by molar-refractivity contribution is 5.97. The predicted molar refractivity (Wildman–Crippen MR) is 133 cm³/mol. The molecule has 0 atom stereocenters. The average Bonchev–Trinajstić information content (AvgIpc) is 2.74. The normalized spacial score (nSPS) is 16.8. The van der Waals surface area contributed by atoms with Crippen LogP contribution in [0.4, 0.5) is 0 Å². The van der Waals surface area contributed by atoms with Crippen molar-refractivity contribution < 1.29 is 4.57 Å². The molecule has 1 aliphatic carbocycles. The summed E-state index contributed by atoms with van der Waals surface area (Å²) in [4.78, 5) is 0. The zero-order chi connectivity index (χ0) is 21.8. The largest absolute Gasteiger partial charge is 0.220 e. The van der Waals surface area contributed by atoms with Crippen LogP contribution in [0.3, 0.4) is 0 Å². The van der Waals surface area contributed by atoms with Crippen LogP contribution >= 0.6 is 0 Å². The van der Waals surface area contributed by atoms with Crippen LogP contribution in [-0.2, 0) is 7.05 Å². The Morgan fingerprint density at radius 2 is 1.48 bits per heavy atom. The number of pyridine rings is 1. The van der Waals surface area contributed by atoms with E-state index in [1.807, 2.05) is 0 Å². The van der Waals surface area contributed by atoms with E-state index in [1.54, 1.807) is 0 Å². The van der Waals surface area contributed by atoms with Gasteiger partial charge in [-0.25, -0.2) is 0 Å². The number of rotatable bonds is 2. The van der Waals surface area contributed by atoms with E-state index < -0.39 is 0 Å². The van der Waals surface area contributed by atoms with Crippen molar-refractivity contribution in [2.75, 3.05) is 0 Å². The first kappa shape index (κ1) is 20.2. The lowest BCUT2D eigenvalue weighted by Crippen LogP contribution is -2.35. The molecule has 0 aliphatic heterocycles. The monoisotopic (exact) mass is 408 g/mol. The Labute approximate surface area is 186 Å². The first-order chi connectivity index (χ1) is 14.8. The number of fused-ring (bicyclic) bond motifs is 2. The molecular weight excluding hydrogens is 374 g/mol. The summed E-state index contributed by atoms with van der Waals surface area (Å²) in [6.45, 7) is 9.32. The summed E-state index contributed by atoms with van der Waals surface area (Å²) in [5, 5.41) is 5.34. The van der Waals surface area contributed by atoms with Crippen molar-refractivity contribution in [3.05, 3.63) is 77.5 Å². The summed E-state index contributed by atoms with van der Waals surface area (Å²) < 4.78 is 2.36. The third-order valence-electron chi connectivity index (χ3n) is 7.72. The summed E-state index contributed by atoms with van der Waals surface area (Å²) in [6.07, 6.45) is 5.30. The van der Waals surface area contributed by atoms with Gasteiger partial charge >= 0.3 is 0 Å². The summed E-state index contributed by atoms with van der Waals surface area (Å²) in [5.74, 6) is 0.706. The van der Waals surface area contributed by atoms with Gasteiger partial charge in [0.05, 0.1) is 10.9 Å². The molecule has 0 amide bonds. The van der Waals surface area contributed by atoms with Crippen molar-refractivity contribution in [2.45, 2.75) is 59.3 Å². The Kier molecular flexibility index (Phi) is 4.88. The smallest absolute Gasteiger partial charge is 0.198 e. The maximum atomic E-state index is 2.48. The van der Waals surface area contributed by atoms with Crippen molar-refractivity contribution in [3.8, 4) is 11.3 Å². The van der Waals surface area contributed by atoms with E-state index in [0.717, 1.165) is 0 Å². The Balaban J connectivity index is 1.65. The van der Waals surface area contributed by atoms with Crippen LogP contribution in [-0.4, -0.2) is 0 Å². The molecule has 1 saturated carbocycles. The van der Waals surface area contributed by atoms with Gasteiger partial charge in [0.15, 0.2) is 5.69 Å². The van der Waals surface area contributed by atoms with Crippen molar-refractivity contribution >= 4 is 21.5 Å². The number of aromatic nitrogens is 1. The topological polar surface area (TPSA) is 3.88 Å². The molecule has 5 rings (SSSR count). The maximum absolute atomic E-state index is 2.48. The summed E-state index contributed by atoms with van der Waals surface area (Å²) >= 11 is 0. The van der Waals surface area contributed by atoms with Crippen LogP contribution in [0.25, 0.3) is 32.8 Å². The number of aryl methyl sites for hydroxylation is 2. The van der Waals surface area contributed by atoms with Gasteiger partial charge < -0.3 is 0 Å². The average molecular weight is 409 g/mol. The van der Waals surface area contributed by atoms with Crippen molar-refractivity contribution in [2.24, 2.45) is 12.5 Å². The quantitative estimate of drug-likeness (QED) is 0.298. The summed E-state index contributed by atoms with van der Waals surface area (Å²) in [6, 6.07) is 23.0. The summed E-state index contributed by atoms with van der Waals surface area (Å²) in [5.41, 5.74) is 7.34. The molecule has 1 fully saturated rings. The molecule has 1 nitrogen and oxygen atoms in total. The minimum Gasteiger partial charge on any atom is -0.198 e. The second kappa shape index (κ2) is 7.48. The lowest BCUT2D eigenvalue weighted by molar-refractivity contribution is -0.665. The molecule has 1 heterocycles. The van der Waals surface area contributed by atoms with Gasteiger partial charge in [0.1, 0.15) is 7.05 Å². The van der Waals surface area contributed by atoms with Gasteiger partial charge in [-0.15, -0.1) is 0 Å². The van der Waals surface area contributed by atoms with E-state index in [0.29, 0.717) is 11.3 Å². The fraction of sp³-hybridized carbons (Fsp3) is 0.367. The molecule has 0 N–H and O–H groups in total. The minimum atomic E-state index is 0.512. The lowest BCUT2D eigenvalue weighted by Gasteiger charge is -2.34. The SMILES string of the molecule is Cc1cc2ccccc2cc1-c1c2ccc(C3CCC(C)(C)CC3)cc2cc(C)[n+]1C. The maximum Gasteiger partial charge on any atom is 0.220 e. The van der Waals surface area contributed by atoms with Crippen LogP contribution in [0, 0.1) is 19.3 Å². The molecule has 1 aromatic heterocycles. The molecule has 0 unspecified atom stereocenters. The first-order valence-corrected chi connectivity index (χ1v) is 11.8. The first-order valence-electron chi connectivity index (χ1n) is 11.8. The van der Waals surface area contributed by atoms with Crippen molar-refractivity contribution in [3.63, 3.8) is 0 Å². The van der Waals surface area contributed by atoms with Crippen LogP contribution < -0.4 is 4.57 Å². The number of nitrogens with zero attached hydrogens (tertiary/aromatic N) is 1. The van der Waals surface area contributed by atoms with Gasteiger partial charge in [-0.2, -0.15) is 4.57 Å². The van der Waals surface area contributed by atoms with Crippen molar-refractivity contribution in [1.82, 2.24) is 0 Å². The fourth-order valence-corrected chi connectivity index (χ4v) is 5.52. The molecule has 0 bridgehead atoms. The molecule has 158 valence electrons. The van der Waals surface area contributed by atoms with E-state index in [-0.39, 0.29) is 0 Å². The van der Waals surface area contributed by atoms with Gasteiger partial charge in [0.2, 0.25) is 5.69 Å². The third-order valence-corrected chi connectivity index (χ3v) is 7.72. The third kappa shape index (κ3) is 3.65. The zero-order valence-corrected chi connectivity index (χ0v) is 19.6. The second-order valence-electron chi connectivity index (χ2n) is 10.5. The van der Waals surface area contributed by atoms with E-state index >= 15 is 0 Å². The van der Waals surface area contributed by atoms with E-state index in [2.05, 4.69) is 100.0 Å². The van der Waals surface area contributed by atoms with Gasteiger partial charge in [-0.3, -0.25) is 0 Å². The molecule has 0 radical (unpaired) electrons. The van der Waals surface area contributed by atoms with E-state index in [1.165, 1.54) is 75.3 Å². The van der Waals surface area contributed by atoms with Crippen LogP contribution in [0.15, 0.2) is 60.7 Å². The highest BCUT2D eigenvalue weighted by Crippen LogP contribution is 2.43. The van der Waals surface area contributed by atoms with E-state index in [4.69, 9.17) is 0 Å². The lowest BCUT2D eigenvalue weighted by atomic mass is 9.71. The van der Waals surface area contributed by atoms with Gasteiger partial charge in [-0.1, -0.05) is 56.3 Å². The fourth-order valence-electron chi connectivity index (χ4n) is 5.52. The number of hydrogen-bond donors (Lipinski definition) is 0. The van der Waals surface area contributed by atoms with Gasteiger partial charge in [0, 0.05) is 13.0 Å². The minimum absolute atomic E-state index is 0.512. The van der Waals surface area contributed by atoms with Gasteiger partial charge in [-0.05, 0) is 83.4 Å². The number of benzene rings is 3. The Morgan fingerprint density at radius 1 is 0.806 bits per heavy atom. The zero-order valence-electron chi connectivity index (χ0n) is 19.6. The molecule has 31 heavy (non-hydrogen) atoms. The summed E-state index contributed by atoms with van der Waals surface area (Å²) in [7, 11) is 2.20. The Morgan fingerprint density at radius 3 is 2.19 bits per heavy atom. The Hall–Kier alpha value is -2.67. The molecule has 1 heteroatoms. The molecule has 0 saturated heterocycles. The molecule has 4 aromatic rings. The second-order valence-corrected chi connectivity index (χ2v) is 10.5. The van der Waals surface area contributed by atoms with Crippen LogP contribution in [0.5, 0.6) is 0 Å². The molecular formula is C30H34N+. The van der Waals surface area contributed by atoms with Gasteiger partial charge in [0.25, 0.3) is 0 Å². The highest BCUT2D eigenvalue weighted by Gasteiger charge is 2.28. The Bertz CT molecular complexity index is 1290. The van der Waals surface area contributed by atoms with Crippen LogP contribution in [0.2, 0.25) is 0 Å². The number of hydrogen-bond acceptors (Lipinski definition) is 0. The predicted octanol–water partition coefficient (Wildman–Crippen LogP) is 7.79. The standard InChI is InChI=1S/C30H34N/c1-20-16-23-8-6-7-9-24(23)19-28(20)29-27-11-10-25(18-26(27)17-21(2)31(29)5)22-12-14-30(3,4)15-13-22/h6-11,16-19,22H,12-15H2,1-5H3/q+1. The highest BCUT2D eigenvalue weighted by atomic mass is 14.9.